The molecule has 0 unspecified atom stereocenters. The average Bonchev–Trinajstić information content (AvgIpc) is 3.21. The summed E-state index contributed by atoms with van der Waals surface area (Å²) in [6, 6.07) is 3.58. The molecule has 1 heterocycles. The number of carbonyl (C=O) groups excluding carboxylic acids is 1. The summed E-state index contributed by atoms with van der Waals surface area (Å²) in [6.07, 6.45) is 6.45. The zero-order valence-corrected chi connectivity index (χ0v) is 12.8. The van der Waals surface area contributed by atoms with Gasteiger partial charge in [-0.3, -0.25) is 4.98 Å². The molecule has 116 valence electrons. The summed E-state index contributed by atoms with van der Waals surface area (Å²) in [6.45, 7) is 0.781. The van der Waals surface area contributed by atoms with Gasteiger partial charge in [0, 0.05) is 38.1 Å². The molecule has 21 heavy (non-hydrogen) atoms. The van der Waals surface area contributed by atoms with E-state index >= 15 is 0 Å². The van der Waals surface area contributed by atoms with Gasteiger partial charge in [0.1, 0.15) is 0 Å². The molecule has 0 bridgehead atoms. The second-order valence-electron chi connectivity index (χ2n) is 5.13. The maximum Gasteiger partial charge on any atom is 0.315 e. The van der Waals surface area contributed by atoms with E-state index in [0.717, 1.165) is 18.4 Å². The summed E-state index contributed by atoms with van der Waals surface area (Å²) >= 11 is 0. The molecule has 1 saturated carbocycles. The minimum absolute atomic E-state index is 0.235. The molecule has 1 aromatic heterocycles. The van der Waals surface area contributed by atoms with Gasteiger partial charge in [-0.05, 0) is 30.5 Å². The van der Waals surface area contributed by atoms with E-state index in [1.165, 1.54) is 10.6 Å². The van der Waals surface area contributed by atoms with Crippen LogP contribution in [-0.2, 0) is 16.6 Å². The lowest BCUT2D eigenvalue weighted by molar-refractivity contribution is 0.239. The molecule has 2 N–H and O–H groups in total. The molecule has 0 saturated heterocycles. The van der Waals surface area contributed by atoms with Crippen molar-refractivity contribution in [1.82, 2.24) is 19.9 Å². The molecule has 0 aromatic carbocycles. The Hall–Kier alpha value is -1.67. The smallest absolute Gasteiger partial charge is 0.315 e. The van der Waals surface area contributed by atoms with E-state index in [1.807, 2.05) is 0 Å². The average molecular weight is 312 g/mol. The Morgan fingerprint density at radius 3 is 2.62 bits per heavy atom. The number of aromatic nitrogens is 1. The van der Waals surface area contributed by atoms with E-state index in [9.17, 15) is 13.2 Å². The third kappa shape index (κ3) is 5.68. The molecule has 1 aliphatic rings. The van der Waals surface area contributed by atoms with Crippen molar-refractivity contribution in [1.29, 1.82) is 0 Å². The van der Waals surface area contributed by atoms with Crippen LogP contribution in [0.1, 0.15) is 18.4 Å². The van der Waals surface area contributed by atoms with Gasteiger partial charge in [0.05, 0.1) is 6.26 Å². The Bertz CT molecular complexity index is 572. The van der Waals surface area contributed by atoms with Gasteiger partial charge in [-0.25, -0.2) is 13.2 Å². The van der Waals surface area contributed by atoms with Crippen molar-refractivity contribution in [2.75, 3.05) is 19.3 Å². The fraction of sp³-hybridized carbons (Fsp3) is 0.538. The van der Waals surface area contributed by atoms with E-state index < -0.39 is 10.0 Å². The predicted molar refractivity (Wildman–Crippen MR) is 79.0 cm³/mol. The monoisotopic (exact) mass is 312 g/mol. The lowest BCUT2D eigenvalue weighted by atomic mass is 10.3. The van der Waals surface area contributed by atoms with Gasteiger partial charge in [-0.15, -0.1) is 0 Å². The lowest BCUT2D eigenvalue weighted by Crippen LogP contribution is -2.42. The number of pyridine rings is 1. The molecule has 0 radical (unpaired) electrons. The number of nitrogens with one attached hydrogen (secondary N) is 2. The Kier molecular flexibility index (Phi) is 5.13. The van der Waals surface area contributed by atoms with Crippen LogP contribution in [0.4, 0.5) is 4.79 Å². The number of nitrogens with zero attached hydrogens (tertiary/aromatic N) is 2. The second kappa shape index (κ2) is 6.86. The molecule has 1 aromatic rings. The quantitative estimate of drug-likeness (QED) is 0.758. The van der Waals surface area contributed by atoms with Crippen LogP contribution in [0.5, 0.6) is 0 Å². The van der Waals surface area contributed by atoms with Crippen molar-refractivity contribution in [2.45, 2.75) is 25.4 Å². The number of sulfonamides is 1. The van der Waals surface area contributed by atoms with Crippen molar-refractivity contribution in [3.63, 3.8) is 0 Å². The van der Waals surface area contributed by atoms with Gasteiger partial charge < -0.3 is 10.6 Å². The summed E-state index contributed by atoms with van der Waals surface area (Å²) in [4.78, 5) is 15.4. The summed E-state index contributed by atoms with van der Waals surface area (Å²) < 4.78 is 24.9. The first kappa shape index (κ1) is 15.7. The molecule has 1 aliphatic carbocycles. The highest BCUT2D eigenvalue weighted by Crippen LogP contribution is 2.18. The van der Waals surface area contributed by atoms with Crippen molar-refractivity contribution in [3.05, 3.63) is 30.1 Å². The molecule has 0 spiro atoms. The Balaban J connectivity index is 1.83. The lowest BCUT2D eigenvalue weighted by Gasteiger charge is -2.20. The zero-order valence-electron chi connectivity index (χ0n) is 11.9. The van der Waals surface area contributed by atoms with Gasteiger partial charge in [-0.2, -0.15) is 4.31 Å². The number of hydrogen-bond donors (Lipinski definition) is 2. The van der Waals surface area contributed by atoms with Crippen LogP contribution in [0.15, 0.2) is 24.5 Å². The van der Waals surface area contributed by atoms with Crippen molar-refractivity contribution in [2.24, 2.45) is 0 Å². The molecule has 8 heteroatoms. The van der Waals surface area contributed by atoms with Crippen LogP contribution in [-0.4, -0.2) is 49.1 Å². The normalized spacial score (nSPS) is 15.0. The molecular weight excluding hydrogens is 292 g/mol. The minimum Gasteiger partial charge on any atom is -0.337 e. The largest absolute Gasteiger partial charge is 0.337 e. The first-order chi connectivity index (χ1) is 9.95. The van der Waals surface area contributed by atoms with Gasteiger partial charge in [-0.1, -0.05) is 0 Å². The number of urea groups is 1. The minimum atomic E-state index is -3.33. The van der Waals surface area contributed by atoms with Crippen LogP contribution in [0.2, 0.25) is 0 Å². The summed E-state index contributed by atoms with van der Waals surface area (Å²) in [5.41, 5.74) is 0.859. The maximum absolute atomic E-state index is 11.8. The van der Waals surface area contributed by atoms with Crippen LogP contribution in [0.3, 0.4) is 0 Å². The van der Waals surface area contributed by atoms with E-state index in [2.05, 4.69) is 15.6 Å². The van der Waals surface area contributed by atoms with Crippen LogP contribution < -0.4 is 10.6 Å². The number of hydrogen-bond acceptors (Lipinski definition) is 4. The first-order valence-corrected chi connectivity index (χ1v) is 8.68. The topological polar surface area (TPSA) is 91.4 Å². The highest BCUT2D eigenvalue weighted by molar-refractivity contribution is 7.88. The molecule has 2 amide bonds. The predicted octanol–water partition coefficient (Wildman–Crippen LogP) is 0.305. The fourth-order valence-corrected chi connectivity index (χ4v) is 2.62. The summed E-state index contributed by atoms with van der Waals surface area (Å²) in [7, 11) is -3.33. The van der Waals surface area contributed by atoms with Crippen molar-refractivity contribution in [3.8, 4) is 0 Å². The highest BCUT2D eigenvalue weighted by Gasteiger charge is 2.23. The zero-order chi connectivity index (χ0) is 15.3. The van der Waals surface area contributed by atoms with Crippen molar-refractivity contribution >= 4 is 16.1 Å². The van der Waals surface area contributed by atoms with Gasteiger partial charge in [0.15, 0.2) is 0 Å². The standard InChI is InChI=1S/C13H20N4O3S/c1-21(19,20)17(10-11-4-6-14-7-5-11)9-8-15-13(18)16-12-2-3-12/h4-7,12H,2-3,8-10H2,1H3,(H2,15,16,18). The van der Waals surface area contributed by atoms with Gasteiger partial charge in [0.25, 0.3) is 0 Å². The SMILES string of the molecule is CS(=O)(=O)N(CCNC(=O)NC1CC1)Cc1ccncc1. The van der Waals surface area contributed by atoms with Gasteiger partial charge in [0.2, 0.25) is 10.0 Å². The van der Waals surface area contributed by atoms with E-state index in [0.29, 0.717) is 0 Å². The Labute approximate surface area is 124 Å². The molecule has 0 atom stereocenters. The van der Waals surface area contributed by atoms with Crippen LogP contribution in [0, 0.1) is 0 Å². The van der Waals surface area contributed by atoms with Crippen molar-refractivity contribution < 1.29 is 13.2 Å². The fourth-order valence-electron chi connectivity index (χ4n) is 1.81. The molecule has 2 rings (SSSR count). The summed E-state index contributed by atoms with van der Waals surface area (Å²) in [5.74, 6) is 0. The van der Waals surface area contributed by atoms with E-state index in [4.69, 9.17) is 0 Å². The third-order valence-corrected chi connectivity index (χ3v) is 4.39. The Morgan fingerprint density at radius 1 is 1.38 bits per heavy atom. The third-order valence-electron chi connectivity index (χ3n) is 3.14. The molecular formula is C13H20N4O3S. The number of carbonyl (C=O) groups is 1. The maximum atomic E-state index is 11.8. The van der Waals surface area contributed by atoms with Crippen LogP contribution in [0.25, 0.3) is 0 Å². The second-order valence-corrected chi connectivity index (χ2v) is 7.11. The molecule has 1 fully saturated rings. The van der Waals surface area contributed by atoms with E-state index in [-0.39, 0.29) is 31.7 Å². The Morgan fingerprint density at radius 2 is 2.05 bits per heavy atom. The van der Waals surface area contributed by atoms with E-state index in [1.54, 1.807) is 24.5 Å². The highest BCUT2D eigenvalue weighted by atomic mass is 32.2. The van der Waals surface area contributed by atoms with Crippen LogP contribution >= 0.6 is 0 Å². The van der Waals surface area contributed by atoms with Gasteiger partial charge >= 0.3 is 6.03 Å². The molecule has 7 nitrogen and oxygen atoms in total. The summed E-state index contributed by atoms with van der Waals surface area (Å²) in [5, 5.41) is 5.46. The molecule has 0 aliphatic heterocycles. The first-order valence-electron chi connectivity index (χ1n) is 6.83. The number of amides is 2. The number of rotatable bonds is 7.